The molecule has 5 heteroatoms. The second kappa shape index (κ2) is 7.97. The maximum Gasteiger partial charge on any atom is 0.258 e. The Labute approximate surface area is 141 Å². The first kappa shape index (κ1) is 17.3. The minimum Gasteiger partial charge on any atom is -0.483 e. The third kappa shape index (κ3) is 4.99. The second-order valence-electron chi connectivity index (χ2n) is 6.28. The summed E-state index contributed by atoms with van der Waals surface area (Å²) in [5.41, 5.74) is 1.25. The Hall–Kier alpha value is -1.07. The van der Waals surface area contributed by atoms with Gasteiger partial charge in [-0.15, -0.1) is 0 Å². The van der Waals surface area contributed by atoms with E-state index in [1.165, 1.54) is 5.56 Å². The lowest BCUT2D eigenvalue weighted by Gasteiger charge is -2.29. The number of hydrogen-bond acceptors (Lipinski definition) is 3. The maximum absolute atomic E-state index is 12.0. The summed E-state index contributed by atoms with van der Waals surface area (Å²) in [4.78, 5) is 14.3. The maximum atomic E-state index is 12.0. The highest BCUT2D eigenvalue weighted by Crippen LogP contribution is 2.28. The Morgan fingerprint density at radius 3 is 2.68 bits per heavy atom. The van der Waals surface area contributed by atoms with Crippen molar-refractivity contribution in [3.63, 3.8) is 0 Å². The van der Waals surface area contributed by atoms with Gasteiger partial charge in [-0.05, 0) is 72.5 Å². The van der Waals surface area contributed by atoms with E-state index in [1.54, 1.807) is 0 Å². The Morgan fingerprint density at radius 2 is 2.09 bits per heavy atom. The van der Waals surface area contributed by atoms with E-state index in [9.17, 15) is 4.79 Å². The summed E-state index contributed by atoms with van der Waals surface area (Å²) in [6, 6.07) is 6.29. The van der Waals surface area contributed by atoms with Gasteiger partial charge in [-0.25, -0.2) is 0 Å². The molecule has 0 bridgehead atoms. The van der Waals surface area contributed by atoms with Crippen molar-refractivity contribution in [2.24, 2.45) is 0 Å². The Morgan fingerprint density at radius 1 is 1.41 bits per heavy atom. The normalized spacial score (nSPS) is 16.8. The first-order chi connectivity index (χ1) is 10.5. The number of carbonyl (C=O) groups excluding carboxylic acids is 1. The fourth-order valence-electron chi connectivity index (χ4n) is 2.56. The van der Waals surface area contributed by atoms with Crippen molar-refractivity contribution in [1.82, 2.24) is 10.2 Å². The third-order valence-electron chi connectivity index (χ3n) is 4.07. The molecule has 2 rings (SSSR count). The zero-order valence-electron chi connectivity index (χ0n) is 13.6. The molecule has 0 aromatic heterocycles. The predicted molar refractivity (Wildman–Crippen MR) is 92.4 cm³/mol. The van der Waals surface area contributed by atoms with Crippen LogP contribution < -0.4 is 10.1 Å². The topological polar surface area (TPSA) is 41.6 Å². The van der Waals surface area contributed by atoms with Gasteiger partial charge >= 0.3 is 0 Å². The largest absolute Gasteiger partial charge is 0.483 e. The zero-order valence-corrected chi connectivity index (χ0v) is 15.1. The van der Waals surface area contributed by atoms with Gasteiger partial charge in [-0.3, -0.25) is 4.79 Å². The van der Waals surface area contributed by atoms with Gasteiger partial charge in [0.25, 0.3) is 5.91 Å². The summed E-state index contributed by atoms with van der Waals surface area (Å²) in [7, 11) is 2.11. The first-order valence-electron chi connectivity index (χ1n) is 7.86. The monoisotopic (exact) mass is 368 g/mol. The summed E-state index contributed by atoms with van der Waals surface area (Å²) in [5.74, 6) is 1.13. The molecule has 1 amide bonds. The smallest absolute Gasteiger partial charge is 0.258 e. The van der Waals surface area contributed by atoms with Gasteiger partial charge in [0.15, 0.2) is 6.61 Å². The highest BCUT2D eigenvalue weighted by Gasteiger charge is 2.18. The first-order valence-corrected chi connectivity index (χ1v) is 8.65. The summed E-state index contributed by atoms with van der Waals surface area (Å²) in [6.45, 7) is 6.43. The third-order valence-corrected chi connectivity index (χ3v) is 4.68. The number of rotatable bonds is 5. The minimum absolute atomic E-state index is 0.0469. The fraction of sp³-hybridized carbons (Fsp3) is 0.588. The molecule has 0 saturated carbocycles. The zero-order chi connectivity index (χ0) is 16.1. The van der Waals surface area contributed by atoms with Gasteiger partial charge in [-0.1, -0.05) is 19.9 Å². The molecule has 0 radical (unpaired) electrons. The highest BCUT2D eigenvalue weighted by molar-refractivity contribution is 9.10. The van der Waals surface area contributed by atoms with Crippen LogP contribution in [0.5, 0.6) is 5.75 Å². The van der Waals surface area contributed by atoms with Crippen LogP contribution in [0.4, 0.5) is 0 Å². The van der Waals surface area contributed by atoms with Crippen LogP contribution >= 0.6 is 15.9 Å². The van der Waals surface area contributed by atoms with E-state index in [0.717, 1.165) is 30.4 Å². The molecule has 1 saturated heterocycles. The number of ether oxygens (including phenoxy) is 1. The van der Waals surface area contributed by atoms with E-state index in [-0.39, 0.29) is 18.6 Å². The molecule has 1 aliphatic rings. The van der Waals surface area contributed by atoms with Crippen molar-refractivity contribution in [1.29, 1.82) is 0 Å². The molecule has 1 aliphatic heterocycles. The predicted octanol–water partition coefficient (Wildman–Crippen LogP) is 3.16. The van der Waals surface area contributed by atoms with E-state index >= 15 is 0 Å². The van der Waals surface area contributed by atoms with Crippen molar-refractivity contribution in [2.75, 3.05) is 26.7 Å². The van der Waals surface area contributed by atoms with Gasteiger partial charge in [0.2, 0.25) is 0 Å². The van der Waals surface area contributed by atoms with Crippen LogP contribution in [-0.2, 0) is 4.79 Å². The number of halogens is 1. The molecule has 1 heterocycles. The molecule has 0 atom stereocenters. The standard InChI is InChI=1S/C17H25BrN2O2/c1-12(2)13-4-5-16(15(18)10-13)22-11-17(21)19-14-6-8-20(3)9-7-14/h4-5,10,12,14H,6-9,11H2,1-3H3,(H,19,21). The molecule has 1 N–H and O–H groups in total. The molecule has 0 spiro atoms. The van der Waals surface area contributed by atoms with E-state index in [4.69, 9.17) is 4.74 Å². The van der Waals surface area contributed by atoms with E-state index in [2.05, 4.69) is 53.1 Å². The number of carbonyl (C=O) groups is 1. The number of nitrogens with zero attached hydrogens (tertiary/aromatic N) is 1. The molecule has 1 fully saturated rings. The number of piperidine rings is 1. The minimum atomic E-state index is -0.0469. The molecular formula is C17H25BrN2O2. The Kier molecular flexibility index (Phi) is 6.26. The molecule has 1 aromatic rings. The van der Waals surface area contributed by atoms with Crippen LogP contribution in [0, 0.1) is 0 Å². The molecule has 4 nitrogen and oxygen atoms in total. The SMILES string of the molecule is CC(C)c1ccc(OCC(=O)NC2CCN(C)CC2)c(Br)c1. The van der Waals surface area contributed by atoms with Crippen LogP contribution in [0.25, 0.3) is 0 Å². The van der Waals surface area contributed by atoms with Crippen molar-refractivity contribution in [3.05, 3.63) is 28.2 Å². The summed E-state index contributed by atoms with van der Waals surface area (Å²) in [5, 5.41) is 3.05. The van der Waals surface area contributed by atoms with E-state index < -0.39 is 0 Å². The van der Waals surface area contributed by atoms with Crippen molar-refractivity contribution >= 4 is 21.8 Å². The average Bonchev–Trinajstić information content (AvgIpc) is 2.48. The summed E-state index contributed by atoms with van der Waals surface area (Å²) in [6.07, 6.45) is 2.02. The summed E-state index contributed by atoms with van der Waals surface area (Å²) >= 11 is 3.51. The summed E-state index contributed by atoms with van der Waals surface area (Å²) < 4.78 is 6.52. The lowest BCUT2D eigenvalue weighted by molar-refractivity contribution is -0.124. The van der Waals surface area contributed by atoms with Crippen molar-refractivity contribution in [3.8, 4) is 5.75 Å². The lowest BCUT2D eigenvalue weighted by Crippen LogP contribution is -2.44. The fourth-order valence-corrected chi connectivity index (χ4v) is 3.07. The number of amides is 1. The van der Waals surface area contributed by atoms with E-state index in [0.29, 0.717) is 11.7 Å². The van der Waals surface area contributed by atoms with E-state index in [1.807, 2.05) is 12.1 Å². The second-order valence-corrected chi connectivity index (χ2v) is 7.13. The van der Waals surface area contributed by atoms with Crippen LogP contribution in [0.15, 0.2) is 22.7 Å². The van der Waals surface area contributed by atoms with Gasteiger partial charge in [0.05, 0.1) is 4.47 Å². The van der Waals surface area contributed by atoms with Crippen LogP contribution in [0.2, 0.25) is 0 Å². The number of likely N-dealkylation sites (tertiary alicyclic amines) is 1. The van der Waals surface area contributed by atoms with Gasteiger partial charge < -0.3 is 15.0 Å². The molecule has 22 heavy (non-hydrogen) atoms. The van der Waals surface area contributed by atoms with Crippen LogP contribution in [0.3, 0.4) is 0 Å². The van der Waals surface area contributed by atoms with Crippen molar-refractivity contribution < 1.29 is 9.53 Å². The van der Waals surface area contributed by atoms with Gasteiger partial charge in [0, 0.05) is 6.04 Å². The number of hydrogen-bond donors (Lipinski definition) is 1. The van der Waals surface area contributed by atoms with Gasteiger partial charge in [-0.2, -0.15) is 0 Å². The number of nitrogens with one attached hydrogen (secondary N) is 1. The van der Waals surface area contributed by atoms with Crippen LogP contribution in [0.1, 0.15) is 38.2 Å². The Balaban J connectivity index is 1.81. The van der Waals surface area contributed by atoms with Gasteiger partial charge in [0.1, 0.15) is 5.75 Å². The highest BCUT2D eigenvalue weighted by atomic mass is 79.9. The average molecular weight is 369 g/mol. The molecule has 1 aromatic carbocycles. The molecule has 0 aliphatic carbocycles. The van der Waals surface area contributed by atoms with Crippen molar-refractivity contribution in [2.45, 2.75) is 38.6 Å². The Bertz CT molecular complexity index is 511. The van der Waals surface area contributed by atoms with Crippen LogP contribution in [-0.4, -0.2) is 43.6 Å². The lowest BCUT2D eigenvalue weighted by atomic mass is 10.0. The number of benzene rings is 1. The molecular weight excluding hydrogens is 344 g/mol. The molecule has 122 valence electrons. The molecule has 0 unspecified atom stereocenters. The quantitative estimate of drug-likeness (QED) is 0.867.